The molecule has 1 aliphatic heterocycles. The smallest absolute Gasteiger partial charge is 0.187 e. The molecule has 124 valence electrons. The number of hydrogen-bond acceptors (Lipinski definition) is 5. The lowest BCUT2D eigenvalue weighted by molar-refractivity contribution is 0.0692. The van der Waals surface area contributed by atoms with Crippen LogP contribution in [0.2, 0.25) is 0 Å². The molecule has 0 spiro atoms. The first-order valence-electron chi connectivity index (χ1n) is 8.29. The van der Waals surface area contributed by atoms with Crippen LogP contribution in [0.5, 0.6) is 0 Å². The Bertz CT molecular complexity index is 633. The molecule has 2 heterocycles. The zero-order valence-corrected chi connectivity index (χ0v) is 14.6. The van der Waals surface area contributed by atoms with Crippen LogP contribution in [-0.4, -0.2) is 34.2 Å². The van der Waals surface area contributed by atoms with Crippen molar-refractivity contribution >= 4 is 22.2 Å². The summed E-state index contributed by atoms with van der Waals surface area (Å²) in [6.07, 6.45) is 1.98. The summed E-state index contributed by atoms with van der Waals surface area (Å²) in [4.78, 5) is 7.15. The van der Waals surface area contributed by atoms with Gasteiger partial charge in [-0.05, 0) is 57.3 Å². The highest BCUT2D eigenvalue weighted by atomic mass is 32.1. The number of nitrogens with zero attached hydrogens (tertiary/aromatic N) is 2. The maximum absolute atomic E-state index is 9.68. The van der Waals surface area contributed by atoms with Gasteiger partial charge in [-0.2, -0.15) is 0 Å². The van der Waals surface area contributed by atoms with Gasteiger partial charge < -0.3 is 10.4 Å². The van der Waals surface area contributed by atoms with Crippen LogP contribution in [0.1, 0.15) is 31.0 Å². The van der Waals surface area contributed by atoms with Crippen molar-refractivity contribution in [1.82, 2.24) is 9.88 Å². The number of aromatic nitrogens is 1. The highest BCUT2D eigenvalue weighted by molar-refractivity contribution is 7.13. The third kappa shape index (κ3) is 4.31. The summed E-state index contributed by atoms with van der Waals surface area (Å²) < 4.78 is 0. The molecule has 1 aliphatic rings. The Labute approximate surface area is 142 Å². The Balaban J connectivity index is 1.55. The Kier molecular flexibility index (Phi) is 5.30. The minimum Gasteiger partial charge on any atom is -0.393 e. The Morgan fingerprint density at radius 1 is 1.35 bits per heavy atom. The van der Waals surface area contributed by atoms with Gasteiger partial charge in [0.1, 0.15) is 0 Å². The second kappa shape index (κ2) is 7.43. The quantitative estimate of drug-likeness (QED) is 0.875. The van der Waals surface area contributed by atoms with E-state index in [4.69, 9.17) is 4.98 Å². The molecular weight excluding hydrogens is 306 g/mol. The standard InChI is InChI=1S/C18H25N3OS/c1-13-5-3-4-6-17(13)20-18-19-16(12-23-18)11-21-9-7-15(8-10-21)14(2)22/h3-6,12,14-15,22H,7-11H2,1-2H3,(H,19,20). The number of hydrogen-bond donors (Lipinski definition) is 2. The van der Waals surface area contributed by atoms with Crippen LogP contribution >= 0.6 is 11.3 Å². The molecule has 1 saturated heterocycles. The highest BCUT2D eigenvalue weighted by Crippen LogP contribution is 2.25. The maximum Gasteiger partial charge on any atom is 0.187 e. The van der Waals surface area contributed by atoms with E-state index in [-0.39, 0.29) is 6.10 Å². The Morgan fingerprint density at radius 2 is 2.09 bits per heavy atom. The molecule has 1 aromatic carbocycles. The van der Waals surface area contributed by atoms with Crippen LogP contribution in [0.3, 0.4) is 0 Å². The van der Waals surface area contributed by atoms with Gasteiger partial charge in [0.15, 0.2) is 5.13 Å². The lowest BCUT2D eigenvalue weighted by Gasteiger charge is -2.32. The first-order chi connectivity index (χ1) is 11.1. The highest BCUT2D eigenvalue weighted by Gasteiger charge is 2.23. The largest absolute Gasteiger partial charge is 0.393 e. The molecule has 1 atom stereocenters. The molecule has 2 aromatic rings. The lowest BCUT2D eigenvalue weighted by atomic mass is 9.92. The number of benzene rings is 1. The minimum atomic E-state index is -0.179. The molecule has 0 amide bonds. The first kappa shape index (κ1) is 16.4. The molecule has 0 aliphatic carbocycles. The molecule has 1 aromatic heterocycles. The monoisotopic (exact) mass is 331 g/mol. The van der Waals surface area contributed by atoms with Crippen LogP contribution < -0.4 is 5.32 Å². The number of likely N-dealkylation sites (tertiary alicyclic amines) is 1. The molecule has 0 bridgehead atoms. The number of thiazole rings is 1. The lowest BCUT2D eigenvalue weighted by Crippen LogP contribution is -2.36. The van der Waals surface area contributed by atoms with Crippen molar-refractivity contribution < 1.29 is 5.11 Å². The van der Waals surface area contributed by atoms with E-state index in [0.717, 1.165) is 49.0 Å². The Morgan fingerprint density at radius 3 is 2.78 bits per heavy atom. The third-order valence-electron chi connectivity index (χ3n) is 4.64. The molecule has 0 radical (unpaired) electrons. The predicted molar refractivity (Wildman–Crippen MR) is 96.3 cm³/mol. The number of anilines is 2. The van der Waals surface area contributed by atoms with Crippen molar-refractivity contribution in [3.05, 3.63) is 40.9 Å². The number of aliphatic hydroxyl groups is 1. The van der Waals surface area contributed by atoms with Gasteiger partial charge in [0.05, 0.1) is 11.8 Å². The summed E-state index contributed by atoms with van der Waals surface area (Å²) in [6, 6.07) is 8.27. The summed E-state index contributed by atoms with van der Waals surface area (Å²) >= 11 is 1.66. The fraction of sp³-hybridized carbons (Fsp3) is 0.500. The van der Waals surface area contributed by atoms with E-state index >= 15 is 0 Å². The van der Waals surface area contributed by atoms with E-state index in [1.165, 1.54) is 5.56 Å². The van der Waals surface area contributed by atoms with Crippen molar-refractivity contribution in [2.24, 2.45) is 5.92 Å². The Hall–Kier alpha value is -1.43. The fourth-order valence-electron chi connectivity index (χ4n) is 3.09. The summed E-state index contributed by atoms with van der Waals surface area (Å²) in [5.41, 5.74) is 3.47. The zero-order chi connectivity index (χ0) is 16.2. The van der Waals surface area contributed by atoms with E-state index < -0.39 is 0 Å². The SMILES string of the molecule is Cc1ccccc1Nc1nc(CN2CCC(C(C)O)CC2)cs1. The van der Waals surface area contributed by atoms with Crippen LogP contribution in [-0.2, 0) is 6.54 Å². The van der Waals surface area contributed by atoms with Crippen molar-refractivity contribution in [3.63, 3.8) is 0 Å². The van der Waals surface area contributed by atoms with Gasteiger partial charge in [0.25, 0.3) is 0 Å². The number of aryl methyl sites for hydroxylation is 1. The summed E-state index contributed by atoms with van der Waals surface area (Å²) in [5, 5.41) is 16.2. The normalized spacial score (nSPS) is 18.0. The second-order valence-corrected chi connectivity index (χ2v) is 7.30. The third-order valence-corrected chi connectivity index (χ3v) is 5.45. The number of piperidine rings is 1. The predicted octanol–water partition coefficient (Wildman–Crippen LogP) is 3.79. The van der Waals surface area contributed by atoms with Gasteiger partial charge in [0.2, 0.25) is 0 Å². The van der Waals surface area contributed by atoms with Crippen LogP contribution in [0.4, 0.5) is 10.8 Å². The molecule has 4 nitrogen and oxygen atoms in total. The first-order valence-corrected chi connectivity index (χ1v) is 9.17. The second-order valence-electron chi connectivity index (χ2n) is 6.44. The van der Waals surface area contributed by atoms with Crippen LogP contribution in [0, 0.1) is 12.8 Å². The number of rotatable bonds is 5. The number of nitrogens with one attached hydrogen (secondary N) is 1. The van der Waals surface area contributed by atoms with E-state index in [9.17, 15) is 5.11 Å². The zero-order valence-electron chi connectivity index (χ0n) is 13.8. The molecule has 2 N–H and O–H groups in total. The van der Waals surface area contributed by atoms with Gasteiger partial charge in [-0.25, -0.2) is 4.98 Å². The molecule has 3 rings (SSSR count). The van der Waals surface area contributed by atoms with Crippen molar-refractivity contribution in [2.75, 3.05) is 18.4 Å². The fourth-order valence-corrected chi connectivity index (χ4v) is 3.80. The van der Waals surface area contributed by atoms with E-state index in [2.05, 4.69) is 34.7 Å². The molecule has 1 fully saturated rings. The van der Waals surface area contributed by atoms with E-state index in [1.54, 1.807) is 11.3 Å². The average Bonchev–Trinajstić information content (AvgIpc) is 2.97. The van der Waals surface area contributed by atoms with Crippen molar-refractivity contribution in [2.45, 2.75) is 39.3 Å². The van der Waals surface area contributed by atoms with Gasteiger partial charge in [-0.3, -0.25) is 4.90 Å². The summed E-state index contributed by atoms with van der Waals surface area (Å²) in [7, 11) is 0. The molecule has 23 heavy (non-hydrogen) atoms. The molecular formula is C18H25N3OS. The number of aliphatic hydroxyl groups excluding tert-OH is 1. The summed E-state index contributed by atoms with van der Waals surface area (Å²) in [6.45, 7) is 7.01. The van der Waals surface area contributed by atoms with Crippen LogP contribution in [0.25, 0.3) is 0 Å². The van der Waals surface area contributed by atoms with Gasteiger partial charge in [0, 0.05) is 17.6 Å². The van der Waals surface area contributed by atoms with Crippen molar-refractivity contribution in [3.8, 4) is 0 Å². The van der Waals surface area contributed by atoms with E-state index in [0.29, 0.717) is 5.92 Å². The van der Waals surface area contributed by atoms with Crippen LogP contribution in [0.15, 0.2) is 29.6 Å². The van der Waals surface area contributed by atoms with Crippen molar-refractivity contribution in [1.29, 1.82) is 0 Å². The number of para-hydroxylation sites is 1. The van der Waals surface area contributed by atoms with Gasteiger partial charge in [-0.15, -0.1) is 11.3 Å². The molecule has 5 heteroatoms. The van der Waals surface area contributed by atoms with Gasteiger partial charge >= 0.3 is 0 Å². The topological polar surface area (TPSA) is 48.4 Å². The maximum atomic E-state index is 9.68. The van der Waals surface area contributed by atoms with E-state index in [1.807, 2.05) is 19.1 Å². The minimum absolute atomic E-state index is 0.179. The molecule has 1 unspecified atom stereocenters. The van der Waals surface area contributed by atoms with Gasteiger partial charge in [-0.1, -0.05) is 18.2 Å². The average molecular weight is 331 g/mol. The summed E-state index contributed by atoms with van der Waals surface area (Å²) in [5.74, 6) is 0.458. The molecule has 0 saturated carbocycles.